The molecular weight excluding hydrogens is 761 g/mol. The molecule has 334 valence electrons. The van der Waals surface area contributed by atoms with Gasteiger partial charge in [0.25, 0.3) is 0 Å². The van der Waals surface area contributed by atoms with Gasteiger partial charge in [-0.15, -0.1) is 0 Å². The zero-order valence-electron chi connectivity index (χ0n) is 37.0. The van der Waals surface area contributed by atoms with Crippen molar-refractivity contribution < 1.29 is 47.6 Å². The van der Waals surface area contributed by atoms with Gasteiger partial charge in [0.2, 0.25) is 0 Å². The summed E-state index contributed by atoms with van der Waals surface area (Å²) in [6, 6.07) is 13.5. The lowest BCUT2D eigenvalue weighted by Crippen LogP contribution is -2.29. The molecule has 0 bridgehead atoms. The Morgan fingerprint density at radius 3 is 1.48 bits per heavy atom. The van der Waals surface area contributed by atoms with Crippen molar-refractivity contribution >= 4 is 23.9 Å². The van der Waals surface area contributed by atoms with E-state index in [-0.39, 0.29) is 35.8 Å². The van der Waals surface area contributed by atoms with E-state index >= 15 is 0 Å². The zero-order chi connectivity index (χ0) is 43.2. The summed E-state index contributed by atoms with van der Waals surface area (Å²) in [6.07, 6.45) is 23.9. The van der Waals surface area contributed by atoms with Crippen LogP contribution in [0.1, 0.15) is 172 Å². The van der Waals surface area contributed by atoms with Crippen LogP contribution in [-0.2, 0) is 28.6 Å². The third-order valence-electron chi connectivity index (χ3n) is 10.8. The lowest BCUT2D eigenvalue weighted by Gasteiger charge is -2.27. The SMILES string of the molecule is C=C(C)C(=O)OCCCCCCCCCCCOC1CCC(C(=O)Oc2ccc(OC(=O)c3ccc(OCCCCCCCCCCCOC(=O)C(C)C)cc3)cc2)CC1. The maximum Gasteiger partial charge on any atom is 0.343 e. The normalized spacial score (nSPS) is 15.0. The highest BCUT2D eigenvalue weighted by Gasteiger charge is 2.28. The van der Waals surface area contributed by atoms with Crippen LogP contribution in [0.2, 0.25) is 0 Å². The highest BCUT2D eigenvalue weighted by atomic mass is 16.5. The third kappa shape index (κ3) is 22.4. The van der Waals surface area contributed by atoms with Crippen LogP contribution >= 0.6 is 0 Å². The summed E-state index contributed by atoms with van der Waals surface area (Å²) in [5, 5.41) is 0. The quantitative estimate of drug-likeness (QED) is 0.0304. The summed E-state index contributed by atoms with van der Waals surface area (Å²) in [5.74, 6) is 0.208. The third-order valence-corrected chi connectivity index (χ3v) is 10.8. The van der Waals surface area contributed by atoms with Gasteiger partial charge >= 0.3 is 23.9 Å². The Hall–Kier alpha value is -4.18. The van der Waals surface area contributed by atoms with Crippen molar-refractivity contribution in [3.8, 4) is 17.2 Å². The van der Waals surface area contributed by atoms with E-state index in [1.165, 1.54) is 70.6 Å². The Balaban J connectivity index is 1.16. The molecule has 1 saturated carbocycles. The summed E-state index contributed by atoms with van der Waals surface area (Å²) in [6.45, 7) is 11.4. The fraction of sp³-hybridized carbons (Fsp3) is 0.640. The van der Waals surface area contributed by atoms with Gasteiger partial charge in [-0.1, -0.05) is 110 Å². The molecule has 0 radical (unpaired) electrons. The molecule has 3 rings (SSSR count). The van der Waals surface area contributed by atoms with E-state index in [0.29, 0.717) is 42.5 Å². The van der Waals surface area contributed by atoms with E-state index in [0.717, 1.165) is 83.0 Å². The topological polar surface area (TPSA) is 124 Å². The van der Waals surface area contributed by atoms with Gasteiger partial charge in [0.1, 0.15) is 17.2 Å². The number of esters is 4. The number of benzene rings is 2. The molecule has 0 aromatic heterocycles. The molecule has 0 heterocycles. The molecule has 0 amide bonds. The monoisotopic (exact) mass is 835 g/mol. The Morgan fingerprint density at radius 1 is 0.550 bits per heavy atom. The van der Waals surface area contributed by atoms with E-state index in [9.17, 15) is 19.2 Å². The summed E-state index contributed by atoms with van der Waals surface area (Å²) >= 11 is 0. The van der Waals surface area contributed by atoms with Crippen LogP contribution in [0.5, 0.6) is 17.2 Å². The Morgan fingerprint density at radius 2 is 0.983 bits per heavy atom. The second kappa shape index (κ2) is 30.8. The largest absolute Gasteiger partial charge is 0.494 e. The average Bonchev–Trinajstić information content (AvgIpc) is 3.24. The van der Waals surface area contributed by atoms with Crippen molar-refractivity contribution in [3.05, 3.63) is 66.2 Å². The van der Waals surface area contributed by atoms with Crippen LogP contribution in [0.15, 0.2) is 60.7 Å². The van der Waals surface area contributed by atoms with Crippen LogP contribution in [-0.4, -0.2) is 56.4 Å². The molecule has 10 nitrogen and oxygen atoms in total. The number of unbranched alkanes of at least 4 members (excludes halogenated alkanes) is 16. The van der Waals surface area contributed by atoms with Crippen molar-refractivity contribution in [1.82, 2.24) is 0 Å². The van der Waals surface area contributed by atoms with E-state index in [2.05, 4.69) is 6.58 Å². The maximum absolute atomic E-state index is 12.9. The average molecular weight is 835 g/mol. The number of hydrogen-bond donors (Lipinski definition) is 0. The van der Waals surface area contributed by atoms with E-state index in [1.807, 2.05) is 13.8 Å². The Bertz CT molecular complexity index is 1510. The molecule has 0 atom stereocenters. The van der Waals surface area contributed by atoms with Crippen molar-refractivity contribution in [3.63, 3.8) is 0 Å². The minimum absolute atomic E-state index is 0.0550. The second-order valence-electron chi connectivity index (χ2n) is 16.6. The predicted octanol–water partition coefficient (Wildman–Crippen LogP) is 12.1. The molecule has 1 aliphatic rings. The molecule has 0 spiro atoms. The number of rotatable bonds is 32. The molecule has 0 aliphatic heterocycles. The summed E-state index contributed by atoms with van der Waals surface area (Å²) in [5.41, 5.74) is 0.874. The van der Waals surface area contributed by atoms with Crippen LogP contribution in [0, 0.1) is 11.8 Å². The fourth-order valence-electron chi connectivity index (χ4n) is 7.04. The Kier molecular flexibility index (Phi) is 25.7. The summed E-state index contributed by atoms with van der Waals surface area (Å²) in [7, 11) is 0. The summed E-state index contributed by atoms with van der Waals surface area (Å²) in [4.78, 5) is 48.5. The van der Waals surface area contributed by atoms with Crippen molar-refractivity contribution in [2.45, 2.75) is 168 Å². The lowest BCUT2D eigenvalue weighted by atomic mass is 9.87. The molecule has 0 saturated heterocycles. The first kappa shape index (κ1) is 50.2. The molecule has 2 aromatic carbocycles. The molecule has 1 fully saturated rings. The standard InChI is InChI=1S/C50H74O10/c1-39(2)47(51)57-37-21-17-13-9-5-7-11-15-19-35-55-43-27-23-41(24-28-43)49(53)59-45-31-33-46(34-32-45)60-50(54)42-25-29-44(30-26-42)56-36-20-16-12-8-6-10-14-18-22-38-58-48(52)40(3)4/h25-26,29-34,40-41,43H,1,5-24,27-28,35-38H2,2-4H3. The number of carbonyl (C=O) groups is 4. The van der Waals surface area contributed by atoms with Gasteiger partial charge in [0, 0.05) is 12.2 Å². The fourth-order valence-corrected chi connectivity index (χ4v) is 7.04. The molecule has 0 N–H and O–H groups in total. The number of ether oxygens (including phenoxy) is 6. The first-order valence-corrected chi connectivity index (χ1v) is 23.0. The minimum Gasteiger partial charge on any atom is -0.494 e. The van der Waals surface area contributed by atoms with E-state index in [1.54, 1.807) is 55.5 Å². The van der Waals surface area contributed by atoms with Crippen LogP contribution in [0.3, 0.4) is 0 Å². The van der Waals surface area contributed by atoms with Gasteiger partial charge in [0.05, 0.1) is 43.3 Å². The lowest BCUT2D eigenvalue weighted by molar-refractivity contribution is -0.147. The smallest absolute Gasteiger partial charge is 0.343 e. The van der Waals surface area contributed by atoms with Gasteiger partial charge in [-0.3, -0.25) is 9.59 Å². The van der Waals surface area contributed by atoms with Gasteiger partial charge in [-0.05, 0) is 107 Å². The van der Waals surface area contributed by atoms with Crippen molar-refractivity contribution in [2.24, 2.45) is 11.8 Å². The van der Waals surface area contributed by atoms with Crippen molar-refractivity contribution in [2.75, 3.05) is 26.4 Å². The predicted molar refractivity (Wildman–Crippen MR) is 235 cm³/mol. The number of carbonyl (C=O) groups excluding carboxylic acids is 4. The maximum atomic E-state index is 12.9. The minimum atomic E-state index is -0.472. The van der Waals surface area contributed by atoms with Crippen LogP contribution in [0.4, 0.5) is 0 Å². The zero-order valence-corrected chi connectivity index (χ0v) is 37.0. The first-order valence-electron chi connectivity index (χ1n) is 23.0. The van der Waals surface area contributed by atoms with Gasteiger partial charge in [-0.25, -0.2) is 9.59 Å². The van der Waals surface area contributed by atoms with E-state index in [4.69, 9.17) is 28.4 Å². The van der Waals surface area contributed by atoms with Crippen molar-refractivity contribution in [1.29, 1.82) is 0 Å². The van der Waals surface area contributed by atoms with Gasteiger partial charge in [-0.2, -0.15) is 0 Å². The molecular formula is C50H74O10. The first-order chi connectivity index (χ1) is 29.1. The van der Waals surface area contributed by atoms with Gasteiger partial charge in [0.15, 0.2) is 0 Å². The second-order valence-corrected chi connectivity index (χ2v) is 16.6. The molecule has 10 heteroatoms. The van der Waals surface area contributed by atoms with Crippen LogP contribution in [0.25, 0.3) is 0 Å². The highest BCUT2D eigenvalue weighted by molar-refractivity contribution is 5.91. The molecule has 1 aliphatic carbocycles. The molecule has 2 aromatic rings. The van der Waals surface area contributed by atoms with E-state index < -0.39 is 5.97 Å². The van der Waals surface area contributed by atoms with Crippen LogP contribution < -0.4 is 14.2 Å². The van der Waals surface area contributed by atoms with Gasteiger partial charge < -0.3 is 28.4 Å². The molecule has 60 heavy (non-hydrogen) atoms. The summed E-state index contributed by atoms with van der Waals surface area (Å²) < 4.78 is 33.6. The number of hydrogen-bond acceptors (Lipinski definition) is 10. The highest BCUT2D eigenvalue weighted by Crippen LogP contribution is 2.29. The molecule has 0 unspecified atom stereocenters. The Labute approximate surface area is 360 Å².